The second-order valence-corrected chi connectivity index (χ2v) is 4.15. The van der Waals surface area contributed by atoms with Gasteiger partial charge in [-0.15, -0.1) is 0 Å². The Morgan fingerprint density at radius 2 is 1.75 bits per heavy atom. The summed E-state index contributed by atoms with van der Waals surface area (Å²) in [4.78, 5) is 0. The molecule has 2 fully saturated rings. The first-order chi connectivity index (χ1) is 5.81. The molecule has 2 aliphatic rings. The highest BCUT2D eigenvalue weighted by Gasteiger charge is 2.38. The van der Waals surface area contributed by atoms with E-state index >= 15 is 0 Å². The second kappa shape index (κ2) is 3.32. The van der Waals surface area contributed by atoms with Gasteiger partial charge in [-0.05, 0) is 43.7 Å². The van der Waals surface area contributed by atoms with Gasteiger partial charge in [0.05, 0.1) is 6.10 Å². The van der Waals surface area contributed by atoms with Crippen LogP contribution in [0.25, 0.3) is 0 Å². The molecule has 1 heterocycles. The van der Waals surface area contributed by atoms with Gasteiger partial charge in [0.1, 0.15) is 0 Å². The molecule has 2 atom stereocenters. The second-order valence-electron chi connectivity index (χ2n) is 4.15. The highest BCUT2D eigenvalue weighted by atomic mass is 16.3. The maximum absolute atomic E-state index is 9.52. The fraction of sp³-hybridized carbons (Fsp3) is 1.00. The van der Waals surface area contributed by atoms with Crippen LogP contribution in [0.4, 0.5) is 0 Å². The summed E-state index contributed by atoms with van der Waals surface area (Å²) in [6, 6.07) is 0. The molecule has 3 nitrogen and oxygen atoms in total. The van der Waals surface area contributed by atoms with Gasteiger partial charge >= 0.3 is 0 Å². The Bertz CT molecular complexity index is 149. The molecule has 1 aliphatic carbocycles. The molecule has 1 saturated carbocycles. The zero-order valence-electron chi connectivity index (χ0n) is 7.24. The fourth-order valence-corrected chi connectivity index (χ4v) is 2.75. The quantitative estimate of drug-likeness (QED) is 0.502. The number of hydrogen-bond acceptors (Lipinski definition) is 3. The summed E-state index contributed by atoms with van der Waals surface area (Å²) in [7, 11) is 0. The maximum atomic E-state index is 9.52. The highest BCUT2D eigenvalue weighted by Crippen LogP contribution is 2.36. The van der Waals surface area contributed by atoms with Crippen LogP contribution < -0.4 is 5.32 Å². The number of hydrogen-bond donors (Lipinski definition) is 3. The zero-order valence-corrected chi connectivity index (χ0v) is 7.24. The largest absolute Gasteiger partial charge is 0.396 e. The van der Waals surface area contributed by atoms with E-state index in [1.165, 1.54) is 0 Å². The van der Waals surface area contributed by atoms with Crippen molar-refractivity contribution >= 4 is 0 Å². The van der Waals surface area contributed by atoms with Gasteiger partial charge in [0.25, 0.3) is 0 Å². The van der Waals surface area contributed by atoms with Crippen molar-refractivity contribution in [3.63, 3.8) is 0 Å². The highest BCUT2D eigenvalue weighted by molar-refractivity contribution is 4.91. The van der Waals surface area contributed by atoms with E-state index < -0.39 is 0 Å². The van der Waals surface area contributed by atoms with Crippen LogP contribution in [0.2, 0.25) is 0 Å². The lowest BCUT2D eigenvalue weighted by Gasteiger charge is -2.44. The van der Waals surface area contributed by atoms with Crippen molar-refractivity contribution in [2.24, 2.45) is 17.8 Å². The summed E-state index contributed by atoms with van der Waals surface area (Å²) in [5.41, 5.74) is 0. The van der Waals surface area contributed by atoms with E-state index in [1.807, 2.05) is 0 Å². The molecule has 2 rings (SSSR count). The van der Waals surface area contributed by atoms with E-state index in [1.54, 1.807) is 0 Å². The third kappa shape index (κ3) is 1.37. The Kier molecular flexibility index (Phi) is 2.35. The van der Waals surface area contributed by atoms with E-state index in [4.69, 9.17) is 0 Å². The molecule has 3 N–H and O–H groups in total. The van der Waals surface area contributed by atoms with E-state index in [2.05, 4.69) is 5.32 Å². The Labute approximate surface area is 72.8 Å². The molecule has 0 radical (unpaired) electrons. The molecule has 3 heteroatoms. The van der Waals surface area contributed by atoms with Crippen LogP contribution in [0.1, 0.15) is 12.8 Å². The topological polar surface area (TPSA) is 52.5 Å². The minimum absolute atomic E-state index is 0.120. The zero-order chi connectivity index (χ0) is 8.55. The predicted molar refractivity (Wildman–Crippen MR) is 45.7 cm³/mol. The molecule has 1 saturated heterocycles. The summed E-state index contributed by atoms with van der Waals surface area (Å²) < 4.78 is 0. The van der Waals surface area contributed by atoms with Gasteiger partial charge < -0.3 is 15.5 Å². The van der Waals surface area contributed by atoms with Crippen LogP contribution in [0, 0.1) is 17.8 Å². The first-order valence-electron chi connectivity index (χ1n) is 4.81. The number of aliphatic hydroxyl groups excluding tert-OH is 2. The molecule has 0 amide bonds. The van der Waals surface area contributed by atoms with Crippen LogP contribution in [0.15, 0.2) is 0 Å². The molecule has 0 aromatic carbocycles. The Morgan fingerprint density at radius 3 is 2.25 bits per heavy atom. The molecular formula is C9H17NO2. The van der Waals surface area contributed by atoms with Crippen molar-refractivity contribution in [2.45, 2.75) is 18.9 Å². The molecule has 2 unspecified atom stereocenters. The van der Waals surface area contributed by atoms with Crippen LogP contribution in [0.3, 0.4) is 0 Å². The number of rotatable bonds is 1. The Morgan fingerprint density at radius 1 is 1.17 bits per heavy atom. The molecule has 12 heavy (non-hydrogen) atoms. The van der Waals surface area contributed by atoms with Crippen molar-refractivity contribution in [3.8, 4) is 0 Å². The molecule has 0 spiro atoms. The van der Waals surface area contributed by atoms with Crippen molar-refractivity contribution in [3.05, 3.63) is 0 Å². The smallest absolute Gasteiger partial charge is 0.0546 e. The minimum atomic E-state index is -0.120. The predicted octanol–water partition coefficient (Wildman–Crippen LogP) is -0.415. The van der Waals surface area contributed by atoms with Gasteiger partial charge in [-0.3, -0.25) is 0 Å². The summed E-state index contributed by atoms with van der Waals surface area (Å²) in [5, 5.41) is 22.0. The van der Waals surface area contributed by atoms with Crippen molar-refractivity contribution in [1.29, 1.82) is 0 Å². The van der Waals surface area contributed by atoms with Crippen LogP contribution in [0.5, 0.6) is 0 Å². The van der Waals surface area contributed by atoms with Crippen molar-refractivity contribution < 1.29 is 10.2 Å². The third-order valence-corrected chi connectivity index (χ3v) is 3.38. The molecule has 70 valence electrons. The first-order valence-corrected chi connectivity index (χ1v) is 4.81. The van der Waals surface area contributed by atoms with Crippen LogP contribution in [-0.2, 0) is 0 Å². The average Bonchev–Trinajstić information content (AvgIpc) is 2.02. The number of aliphatic hydroxyl groups is 2. The van der Waals surface area contributed by atoms with Crippen LogP contribution in [-0.4, -0.2) is 36.0 Å². The summed E-state index contributed by atoms with van der Waals surface area (Å²) in [5.74, 6) is 1.43. The van der Waals surface area contributed by atoms with Gasteiger partial charge in [-0.25, -0.2) is 0 Å². The van der Waals surface area contributed by atoms with Gasteiger partial charge in [-0.2, -0.15) is 0 Å². The van der Waals surface area contributed by atoms with Gasteiger partial charge in [0.15, 0.2) is 0 Å². The average molecular weight is 171 g/mol. The Hall–Kier alpha value is -0.120. The molecule has 2 bridgehead atoms. The van der Waals surface area contributed by atoms with Gasteiger partial charge in [-0.1, -0.05) is 0 Å². The van der Waals surface area contributed by atoms with E-state index in [0.717, 1.165) is 25.9 Å². The van der Waals surface area contributed by atoms with Crippen molar-refractivity contribution in [2.75, 3.05) is 19.7 Å². The monoisotopic (exact) mass is 171 g/mol. The van der Waals surface area contributed by atoms with E-state index in [0.29, 0.717) is 24.4 Å². The Balaban J connectivity index is 2.06. The molecular weight excluding hydrogens is 154 g/mol. The van der Waals surface area contributed by atoms with E-state index in [-0.39, 0.29) is 6.10 Å². The number of piperidine rings is 1. The van der Waals surface area contributed by atoms with E-state index in [9.17, 15) is 10.2 Å². The summed E-state index contributed by atoms with van der Waals surface area (Å²) in [6.45, 7) is 2.24. The third-order valence-electron chi connectivity index (χ3n) is 3.38. The molecule has 0 aromatic heterocycles. The van der Waals surface area contributed by atoms with Crippen molar-refractivity contribution in [1.82, 2.24) is 5.32 Å². The molecule has 0 aromatic rings. The minimum Gasteiger partial charge on any atom is -0.396 e. The normalized spacial score (nSPS) is 47.5. The first kappa shape index (κ1) is 8.48. The van der Waals surface area contributed by atoms with Gasteiger partial charge in [0, 0.05) is 6.61 Å². The lowest BCUT2D eigenvalue weighted by molar-refractivity contribution is -0.0150. The summed E-state index contributed by atoms with van der Waals surface area (Å²) >= 11 is 0. The van der Waals surface area contributed by atoms with Gasteiger partial charge in [0.2, 0.25) is 0 Å². The molecule has 1 aliphatic heterocycles. The number of fused-ring (bicyclic) bond motifs is 2. The lowest BCUT2D eigenvalue weighted by Crippen LogP contribution is -2.50. The van der Waals surface area contributed by atoms with Crippen LogP contribution >= 0.6 is 0 Å². The standard InChI is InChI=1S/C9H17NO2/c11-5-9-6-1-8(12)2-7(9)4-10-3-6/h6-12H,1-5H2. The summed E-state index contributed by atoms with van der Waals surface area (Å²) in [6.07, 6.45) is 1.62. The maximum Gasteiger partial charge on any atom is 0.0546 e. The number of nitrogens with one attached hydrogen (secondary N) is 1. The lowest BCUT2D eigenvalue weighted by atomic mass is 9.69. The SMILES string of the molecule is OCC1C2CNCC1CC(O)C2. The fourth-order valence-electron chi connectivity index (χ4n) is 2.75.